The molecule has 0 radical (unpaired) electrons. The number of aromatic hydroxyl groups is 1. The molecule has 6 heteroatoms. The van der Waals surface area contributed by atoms with Gasteiger partial charge in [0.15, 0.2) is 9.84 Å². The molecule has 100 valence electrons. The van der Waals surface area contributed by atoms with Gasteiger partial charge in [-0.3, -0.25) is 0 Å². The van der Waals surface area contributed by atoms with Crippen molar-refractivity contribution in [1.29, 1.82) is 0 Å². The molecule has 1 aliphatic heterocycles. The number of halogens is 1. The first-order valence-corrected chi connectivity index (χ1v) is 7.72. The molecule has 0 saturated carbocycles. The molecule has 0 aliphatic carbocycles. The Labute approximate surface area is 106 Å². The third-order valence-electron chi connectivity index (χ3n) is 3.16. The van der Waals surface area contributed by atoms with Gasteiger partial charge in [0.05, 0.1) is 0 Å². The first-order chi connectivity index (χ1) is 8.38. The Morgan fingerprint density at radius 3 is 2.78 bits per heavy atom. The van der Waals surface area contributed by atoms with Crippen LogP contribution in [0.2, 0.25) is 0 Å². The fraction of sp³-hybridized carbons (Fsp3) is 0.500. The second-order valence-electron chi connectivity index (χ2n) is 4.68. The molecule has 2 N–H and O–H groups in total. The van der Waals surface area contributed by atoms with Gasteiger partial charge in [0.1, 0.15) is 16.5 Å². The van der Waals surface area contributed by atoms with Crippen LogP contribution in [-0.4, -0.2) is 32.4 Å². The summed E-state index contributed by atoms with van der Waals surface area (Å²) in [6, 6.07) is 2.33. The van der Waals surface area contributed by atoms with E-state index in [2.05, 4.69) is 5.32 Å². The van der Waals surface area contributed by atoms with Crippen LogP contribution >= 0.6 is 0 Å². The number of phenols is 1. The third kappa shape index (κ3) is 2.81. The third-order valence-corrected chi connectivity index (χ3v) is 4.27. The number of hydrogen-bond acceptors (Lipinski definition) is 4. The maximum atomic E-state index is 13.7. The van der Waals surface area contributed by atoms with E-state index < -0.39 is 20.5 Å². The predicted octanol–water partition coefficient (Wildman–Crippen LogP) is 1.23. The van der Waals surface area contributed by atoms with E-state index in [4.69, 9.17) is 0 Å². The summed E-state index contributed by atoms with van der Waals surface area (Å²) in [5.41, 5.74) is 0.444. The SMILES string of the molecule is CS(=O)(=O)c1cc(O)c(CC2CCCN2)cc1F. The molecular weight excluding hydrogens is 257 g/mol. The minimum absolute atomic E-state index is 0.162. The van der Waals surface area contributed by atoms with Gasteiger partial charge in [-0.15, -0.1) is 0 Å². The van der Waals surface area contributed by atoms with E-state index in [9.17, 15) is 17.9 Å². The quantitative estimate of drug-likeness (QED) is 0.869. The fourth-order valence-corrected chi connectivity index (χ4v) is 2.97. The molecular formula is C12H16FNO3S. The number of phenolic OH excluding ortho intramolecular Hbond substituents is 1. The molecule has 1 unspecified atom stereocenters. The van der Waals surface area contributed by atoms with Crippen molar-refractivity contribution in [2.45, 2.75) is 30.2 Å². The second-order valence-corrected chi connectivity index (χ2v) is 6.67. The molecule has 2 rings (SSSR count). The van der Waals surface area contributed by atoms with E-state index in [1.807, 2.05) is 0 Å². The Bertz CT molecular complexity index is 551. The molecule has 1 aromatic carbocycles. The van der Waals surface area contributed by atoms with E-state index >= 15 is 0 Å². The lowest BCUT2D eigenvalue weighted by molar-refractivity contribution is 0.454. The first-order valence-electron chi connectivity index (χ1n) is 5.83. The normalized spacial score (nSPS) is 20.2. The van der Waals surface area contributed by atoms with Crippen molar-refractivity contribution in [3.8, 4) is 5.75 Å². The summed E-state index contributed by atoms with van der Waals surface area (Å²) in [5.74, 6) is -0.964. The van der Waals surface area contributed by atoms with Gasteiger partial charge in [0, 0.05) is 18.4 Å². The van der Waals surface area contributed by atoms with Crippen molar-refractivity contribution in [3.05, 3.63) is 23.5 Å². The maximum absolute atomic E-state index is 13.7. The summed E-state index contributed by atoms with van der Waals surface area (Å²) in [7, 11) is -3.65. The minimum Gasteiger partial charge on any atom is -0.508 e. The van der Waals surface area contributed by atoms with E-state index in [-0.39, 0.29) is 11.8 Å². The average Bonchev–Trinajstić information content (AvgIpc) is 2.74. The van der Waals surface area contributed by atoms with Crippen molar-refractivity contribution in [2.24, 2.45) is 0 Å². The summed E-state index contributed by atoms with van der Waals surface area (Å²) in [5, 5.41) is 13.0. The van der Waals surface area contributed by atoms with Gasteiger partial charge in [-0.25, -0.2) is 12.8 Å². The minimum atomic E-state index is -3.65. The zero-order valence-corrected chi connectivity index (χ0v) is 10.9. The second kappa shape index (κ2) is 4.85. The number of nitrogens with one attached hydrogen (secondary N) is 1. The van der Waals surface area contributed by atoms with E-state index in [1.165, 1.54) is 0 Å². The number of hydrogen-bond donors (Lipinski definition) is 2. The Kier molecular flexibility index (Phi) is 3.59. The van der Waals surface area contributed by atoms with Crippen LogP contribution in [0.3, 0.4) is 0 Å². The number of rotatable bonds is 3. The van der Waals surface area contributed by atoms with E-state index in [0.717, 1.165) is 37.8 Å². The largest absolute Gasteiger partial charge is 0.508 e. The molecule has 0 aromatic heterocycles. The molecule has 1 aliphatic rings. The van der Waals surface area contributed by atoms with Crippen LogP contribution in [0.15, 0.2) is 17.0 Å². The monoisotopic (exact) mass is 273 g/mol. The van der Waals surface area contributed by atoms with E-state index in [1.54, 1.807) is 0 Å². The standard InChI is InChI=1S/C12H16FNO3S/c1-18(16,17)12-7-11(15)8(6-10(12)13)5-9-3-2-4-14-9/h6-7,9,14-15H,2-5H2,1H3. The van der Waals surface area contributed by atoms with Gasteiger partial charge in [-0.05, 0) is 37.4 Å². The molecule has 1 atom stereocenters. The number of benzene rings is 1. The van der Waals surface area contributed by atoms with Crippen LogP contribution in [-0.2, 0) is 16.3 Å². The van der Waals surface area contributed by atoms with Crippen LogP contribution in [0.1, 0.15) is 18.4 Å². The zero-order chi connectivity index (χ0) is 13.3. The molecule has 4 nitrogen and oxygen atoms in total. The summed E-state index contributed by atoms with van der Waals surface area (Å²) < 4.78 is 36.3. The van der Waals surface area contributed by atoms with Gasteiger partial charge >= 0.3 is 0 Å². The molecule has 0 spiro atoms. The zero-order valence-electron chi connectivity index (χ0n) is 10.1. The molecule has 18 heavy (non-hydrogen) atoms. The van der Waals surface area contributed by atoms with Gasteiger partial charge in [-0.2, -0.15) is 0 Å². The lowest BCUT2D eigenvalue weighted by atomic mass is 10.0. The van der Waals surface area contributed by atoms with Crippen molar-refractivity contribution >= 4 is 9.84 Å². The average molecular weight is 273 g/mol. The van der Waals surface area contributed by atoms with Crippen molar-refractivity contribution < 1.29 is 17.9 Å². The van der Waals surface area contributed by atoms with Crippen LogP contribution in [0, 0.1) is 5.82 Å². The summed E-state index contributed by atoms with van der Waals surface area (Å²) in [6.07, 6.45) is 3.47. The highest BCUT2D eigenvalue weighted by molar-refractivity contribution is 7.90. The lowest BCUT2D eigenvalue weighted by Gasteiger charge is -2.12. The molecule has 0 bridgehead atoms. The fourth-order valence-electron chi connectivity index (χ4n) is 2.23. The molecule has 1 aromatic rings. The Morgan fingerprint density at radius 2 is 2.22 bits per heavy atom. The Morgan fingerprint density at radius 1 is 1.50 bits per heavy atom. The maximum Gasteiger partial charge on any atom is 0.178 e. The highest BCUT2D eigenvalue weighted by Crippen LogP contribution is 2.27. The van der Waals surface area contributed by atoms with Gasteiger partial charge < -0.3 is 10.4 Å². The Hall–Kier alpha value is -1.14. The van der Waals surface area contributed by atoms with Crippen molar-refractivity contribution in [1.82, 2.24) is 5.32 Å². The van der Waals surface area contributed by atoms with Crippen molar-refractivity contribution in [3.63, 3.8) is 0 Å². The number of sulfone groups is 1. The smallest absolute Gasteiger partial charge is 0.178 e. The molecule has 1 saturated heterocycles. The van der Waals surface area contributed by atoms with Crippen LogP contribution in [0.4, 0.5) is 4.39 Å². The Balaban J connectivity index is 2.30. The van der Waals surface area contributed by atoms with Gasteiger partial charge in [0.2, 0.25) is 0 Å². The van der Waals surface area contributed by atoms with E-state index in [0.29, 0.717) is 12.0 Å². The first kappa shape index (κ1) is 13.3. The highest BCUT2D eigenvalue weighted by Gasteiger charge is 2.20. The lowest BCUT2D eigenvalue weighted by Crippen LogP contribution is -2.23. The van der Waals surface area contributed by atoms with Gasteiger partial charge in [0.25, 0.3) is 0 Å². The summed E-state index contributed by atoms with van der Waals surface area (Å²) in [6.45, 7) is 0.926. The molecule has 1 fully saturated rings. The predicted molar refractivity (Wildman–Crippen MR) is 65.9 cm³/mol. The summed E-state index contributed by atoms with van der Waals surface area (Å²) in [4.78, 5) is -0.455. The van der Waals surface area contributed by atoms with Crippen LogP contribution in [0.5, 0.6) is 5.75 Å². The highest BCUT2D eigenvalue weighted by atomic mass is 32.2. The molecule has 1 heterocycles. The van der Waals surface area contributed by atoms with Gasteiger partial charge in [-0.1, -0.05) is 0 Å². The van der Waals surface area contributed by atoms with Crippen LogP contribution < -0.4 is 5.32 Å². The van der Waals surface area contributed by atoms with Crippen LogP contribution in [0.25, 0.3) is 0 Å². The van der Waals surface area contributed by atoms with Crippen molar-refractivity contribution in [2.75, 3.05) is 12.8 Å². The summed E-state index contributed by atoms with van der Waals surface area (Å²) >= 11 is 0. The topological polar surface area (TPSA) is 66.4 Å². The molecule has 0 amide bonds.